The first-order valence-corrected chi connectivity index (χ1v) is 6.57. The Kier molecular flexibility index (Phi) is 4.77. The van der Waals surface area contributed by atoms with Gasteiger partial charge < -0.3 is 10.6 Å². The second-order valence-electron chi connectivity index (χ2n) is 4.25. The van der Waals surface area contributed by atoms with Crippen molar-refractivity contribution in [1.82, 2.24) is 10.3 Å². The van der Waals surface area contributed by atoms with Crippen LogP contribution in [0.25, 0.3) is 10.9 Å². The van der Waals surface area contributed by atoms with Gasteiger partial charge in [0.15, 0.2) is 0 Å². The molecule has 110 valence electrons. The predicted octanol–water partition coefficient (Wildman–Crippen LogP) is 2.06. The van der Waals surface area contributed by atoms with Gasteiger partial charge in [-0.05, 0) is 12.1 Å². The number of terminal acetylenes is 1. The number of rotatable bonds is 4. The van der Waals surface area contributed by atoms with Gasteiger partial charge in [0.05, 0.1) is 29.4 Å². The van der Waals surface area contributed by atoms with Crippen LogP contribution in [0.4, 0.5) is 10.1 Å². The lowest BCUT2D eigenvalue weighted by atomic mass is 10.1. The van der Waals surface area contributed by atoms with Crippen molar-refractivity contribution in [1.29, 1.82) is 5.26 Å². The van der Waals surface area contributed by atoms with Crippen molar-refractivity contribution >= 4 is 34.1 Å². The maximum absolute atomic E-state index is 13.8. The van der Waals surface area contributed by atoms with Crippen molar-refractivity contribution < 1.29 is 9.18 Å². The lowest BCUT2D eigenvalue weighted by Gasteiger charge is -2.12. The SMILES string of the molecule is C#CCNC(=O)CNc1c(C#N)cnc2c(F)ccc(Cl)c12. The van der Waals surface area contributed by atoms with Gasteiger partial charge in [-0.1, -0.05) is 17.5 Å². The van der Waals surface area contributed by atoms with E-state index in [1.165, 1.54) is 18.3 Å². The first-order valence-electron chi connectivity index (χ1n) is 6.19. The molecule has 0 spiro atoms. The molecular formula is C15H10ClFN4O. The van der Waals surface area contributed by atoms with E-state index in [9.17, 15) is 9.18 Å². The quantitative estimate of drug-likeness (QED) is 0.846. The molecule has 0 unspecified atom stereocenters. The minimum Gasteiger partial charge on any atom is -0.374 e. The molecule has 22 heavy (non-hydrogen) atoms. The Morgan fingerprint density at radius 2 is 2.27 bits per heavy atom. The fraction of sp³-hybridized carbons (Fsp3) is 0.133. The van der Waals surface area contributed by atoms with Crippen LogP contribution in [0, 0.1) is 29.5 Å². The first-order chi connectivity index (χ1) is 10.6. The average molecular weight is 317 g/mol. The van der Waals surface area contributed by atoms with Crippen molar-refractivity contribution in [3.63, 3.8) is 0 Å². The van der Waals surface area contributed by atoms with E-state index in [4.69, 9.17) is 23.3 Å². The fourth-order valence-corrected chi connectivity index (χ4v) is 2.13. The maximum Gasteiger partial charge on any atom is 0.240 e. The van der Waals surface area contributed by atoms with Crippen molar-refractivity contribution in [2.45, 2.75) is 0 Å². The van der Waals surface area contributed by atoms with Crippen molar-refractivity contribution in [3.8, 4) is 18.4 Å². The van der Waals surface area contributed by atoms with Crippen molar-refractivity contribution in [2.75, 3.05) is 18.4 Å². The Balaban J connectivity index is 2.43. The van der Waals surface area contributed by atoms with Crippen LogP contribution in [0.5, 0.6) is 0 Å². The van der Waals surface area contributed by atoms with E-state index in [2.05, 4.69) is 21.5 Å². The van der Waals surface area contributed by atoms with Crippen molar-refractivity contribution in [3.05, 3.63) is 34.7 Å². The van der Waals surface area contributed by atoms with Gasteiger partial charge >= 0.3 is 0 Å². The Morgan fingerprint density at radius 3 is 2.95 bits per heavy atom. The second-order valence-corrected chi connectivity index (χ2v) is 4.65. The summed E-state index contributed by atoms with van der Waals surface area (Å²) in [5, 5.41) is 14.9. The summed E-state index contributed by atoms with van der Waals surface area (Å²) in [7, 11) is 0. The van der Waals surface area contributed by atoms with Gasteiger partial charge in [-0.2, -0.15) is 5.26 Å². The normalized spacial score (nSPS) is 9.82. The predicted molar refractivity (Wildman–Crippen MR) is 81.8 cm³/mol. The number of carbonyl (C=O) groups is 1. The molecule has 2 N–H and O–H groups in total. The molecule has 2 rings (SSSR count). The van der Waals surface area contributed by atoms with Gasteiger partial charge in [0.25, 0.3) is 0 Å². The summed E-state index contributed by atoms with van der Waals surface area (Å²) in [5.74, 6) is 1.35. The lowest BCUT2D eigenvalue weighted by molar-refractivity contribution is -0.119. The largest absolute Gasteiger partial charge is 0.374 e. The number of amides is 1. The molecule has 1 aromatic carbocycles. The smallest absolute Gasteiger partial charge is 0.240 e. The number of hydrogen-bond acceptors (Lipinski definition) is 4. The number of benzene rings is 1. The molecule has 0 fully saturated rings. The minimum atomic E-state index is -0.566. The molecule has 0 saturated carbocycles. The van der Waals surface area contributed by atoms with Crippen LogP contribution in [-0.2, 0) is 4.79 Å². The number of nitriles is 1. The number of anilines is 1. The zero-order valence-electron chi connectivity index (χ0n) is 11.3. The number of halogens is 2. The summed E-state index contributed by atoms with van der Waals surface area (Å²) in [5.41, 5.74) is 0.440. The van der Waals surface area contributed by atoms with E-state index in [1.54, 1.807) is 0 Å². The molecule has 0 bridgehead atoms. The van der Waals surface area contributed by atoms with E-state index >= 15 is 0 Å². The molecule has 0 atom stereocenters. The monoisotopic (exact) mass is 316 g/mol. The van der Waals surface area contributed by atoms with Gasteiger partial charge in [0.2, 0.25) is 5.91 Å². The highest BCUT2D eigenvalue weighted by molar-refractivity contribution is 6.36. The zero-order valence-corrected chi connectivity index (χ0v) is 12.0. The van der Waals surface area contributed by atoms with Crippen LogP contribution >= 0.6 is 11.6 Å². The zero-order chi connectivity index (χ0) is 16.1. The van der Waals surface area contributed by atoms with Gasteiger partial charge in [-0.25, -0.2) is 4.39 Å². The maximum atomic E-state index is 13.8. The number of fused-ring (bicyclic) bond motifs is 1. The van der Waals surface area contributed by atoms with Crippen LogP contribution in [0.3, 0.4) is 0 Å². The highest BCUT2D eigenvalue weighted by Crippen LogP contribution is 2.33. The number of nitrogens with one attached hydrogen (secondary N) is 2. The summed E-state index contributed by atoms with van der Waals surface area (Å²) >= 11 is 6.08. The van der Waals surface area contributed by atoms with Gasteiger partial charge in [-0.3, -0.25) is 9.78 Å². The van der Waals surface area contributed by atoms with E-state index in [0.29, 0.717) is 0 Å². The third-order valence-electron chi connectivity index (χ3n) is 2.85. The Hall–Kier alpha value is -2.83. The van der Waals surface area contributed by atoms with Crippen LogP contribution < -0.4 is 10.6 Å². The number of hydrogen-bond donors (Lipinski definition) is 2. The highest BCUT2D eigenvalue weighted by Gasteiger charge is 2.15. The molecule has 0 radical (unpaired) electrons. The summed E-state index contributed by atoms with van der Waals surface area (Å²) in [6.07, 6.45) is 6.27. The molecule has 5 nitrogen and oxygen atoms in total. The molecule has 7 heteroatoms. The van der Waals surface area contributed by atoms with E-state index in [1.807, 2.05) is 6.07 Å². The topological polar surface area (TPSA) is 77.8 Å². The first kappa shape index (κ1) is 15.6. The lowest BCUT2D eigenvalue weighted by Crippen LogP contribution is -2.30. The third kappa shape index (κ3) is 3.08. The summed E-state index contributed by atoms with van der Waals surface area (Å²) < 4.78 is 13.8. The standard InChI is InChI=1S/C15H10ClFN4O/c1-2-5-19-12(22)8-21-14-9(6-18)7-20-15-11(17)4-3-10(16)13(14)15/h1,3-4,7H,5,8H2,(H,19,22)(H,20,21). The molecular weight excluding hydrogens is 307 g/mol. The fourth-order valence-electron chi connectivity index (χ4n) is 1.88. The number of pyridine rings is 1. The van der Waals surface area contributed by atoms with Crippen LogP contribution in [-0.4, -0.2) is 24.0 Å². The molecule has 0 aliphatic rings. The molecule has 0 saturated heterocycles. The number of carbonyl (C=O) groups excluding carboxylic acids is 1. The van der Waals surface area contributed by atoms with Crippen LogP contribution in [0.15, 0.2) is 18.3 Å². The summed E-state index contributed by atoms with van der Waals surface area (Å²) in [6, 6.07) is 4.49. The van der Waals surface area contributed by atoms with E-state index in [-0.39, 0.29) is 46.2 Å². The number of nitrogens with zero attached hydrogens (tertiary/aromatic N) is 2. The Morgan fingerprint density at radius 1 is 1.50 bits per heavy atom. The Bertz CT molecular complexity index is 823. The van der Waals surface area contributed by atoms with Crippen LogP contribution in [0.1, 0.15) is 5.56 Å². The van der Waals surface area contributed by atoms with Gasteiger partial charge in [0.1, 0.15) is 17.4 Å². The van der Waals surface area contributed by atoms with Gasteiger partial charge in [0, 0.05) is 11.6 Å². The van der Waals surface area contributed by atoms with E-state index < -0.39 is 5.82 Å². The molecule has 2 aromatic rings. The molecule has 0 aliphatic carbocycles. The van der Waals surface area contributed by atoms with Crippen molar-refractivity contribution in [2.24, 2.45) is 0 Å². The van der Waals surface area contributed by atoms with E-state index in [0.717, 1.165) is 0 Å². The molecule has 0 aliphatic heterocycles. The second kappa shape index (κ2) is 6.75. The summed E-state index contributed by atoms with van der Waals surface area (Å²) in [4.78, 5) is 15.5. The molecule has 1 heterocycles. The summed E-state index contributed by atoms with van der Waals surface area (Å²) in [6.45, 7) is -0.0413. The van der Waals surface area contributed by atoms with Crippen LogP contribution in [0.2, 0.25) is 5.02 Å². The average Bonchev–Trinajstić information content (AvgIpc) is 2.53. The van der Waals surface area contributed by atoms with Gasteiger partial charge in [-0.15, -0.1) is 6.42 Å². The highest BCUT2D eigenvalue weighted by atomic mass is 35.5. The number of aromatic nitrogens is 1. The third-order valence-corrected chi connectivity index (χ3v) is 3.17. The Labute approximate surface area is 131 Å². The minimum absolute atomic E-state index is 0.0260. The molecule has 1 amide bonds. The molecule has 1 aromatic heterocycles.